The Morgan fingerprint density at radius 3 is 2.45 bits per heavy atom. The summed E-state index contributed by atoms with van der Waals surface area (Å²) in [6.45, 7) is 2.41. The molecule has 2 aromatic rings. The number of carbonyl (C=O) groups is 3. The lowest BCUT2D eigenvalue weighted by Crippen LogP contribution is -2.46. The van der Waals surface area contributed by atoms with Crippen molar-refractivity contribution in [1.82, 2.24) is 10.2 Å². The lowest BCUT2D eigenvalue weighted by atomic mass is 9.99. The number of carboxylic acid groups (broad SMARTS) is 1. The predicted molar refractivity (Wildman–Crippen MR) is 109 cm³/mol. The number of carboxylic acids is 1. The normalized spacial score (nSPS) is 17.2. The molecule has 1 aliphatic rings. The van der Waals surface area contributed by atoms with Gasteiger partial charge in [0.2, 0.25) is 11.8 Å². The molecule has 6 heteroatoms. The van der Waals surface area contributed by atoms with Gasteiger partial charge in [-0.05, 0) is 30.9 Å². The topological polar surface area (TPSA) is 86.7 Å². The highest BCUT2D eigenvalue weighted by atomic mass is 16.4. The predicted octanol–water partition coefficient (Wildman–Crippen LogP) is 2.55. The molecule has 2 aromatic carbocycles. The number of likely N-dealkylation sites (tertiary alicyclic amines) is 1. The molecule has 1 saturated heterocycles. The van der Waals surface area contributed by atoms with Gasteiger partial charge in [0.15, 0.2) is 0 Å². The average molecular weight is 394 g/mol. The van der Waals surface area contributed by atoms with E-state index in [2.05, 4.69) is 5.32 Å². The van der Waals surface area contributed by atoms with Gasteiger partial charge in [-0.25, -0.2) is 0 Å². The van der Waals surface area contributed by atoms with Gasteiger partial charge in [0.05, 0.1) is 5.92 Å². The van der Waals surface area contributed by atoms with E-state index in [1.165, 1.54) is 0 Å². The van der Waals surface area contributed by atoms with Crippen LogP contribution in [0.15, 0.2) is 54.6 Å². The molecule has 0 saturated carbocycles. The van der Waals surface area contributed by atoms with Gasteiger partial charge in [0.25, 0.3) is 0 Å². The van der Waals surface area contributed by atoms with Crippen LogP contribution in [0.3, 0.4) is 0 Å². The number of nitrogens with one attached hydrogen (secondary N) is 1. The van der Waals surface area contributed by atoms with E-state index in [-0.39, 0.29) is 18.4 Å². The van der Waals surface area contributed by atoms with Gasteiger partial charge >= 0.3 is 5.97 Å². The molecule has 0 radical (unpaired) electrons. The van der Waals surface area contributed by atoms with Crippen LogP contribution in [0.4, 0.5) is 0 Å². The maximum absolute atomic E-state index is 12.7. The van der Waals surface area contributed by atoms with E-state index in [1.807, 2.05) is 61.5 Å². The van der Waals surface area contributed by atoms with Gasteiger partial charge in [-0.15, -0.1) is 0 Å². The van der Waals surface area contributed by atoms with Crippen molar-refractivity contribution in [1.29, 1.82) is 0 Å². The van der Waals surface area contributed by atoms with Crippen LogP contribution >= 0.6 is 0 Å². The lowest BCUT2D eigenvalue weighted by molar-refractivity contribution is -0.142. The fourth-order valence-corrected chi connectivity index (χ4v) is 3.58. The van der Waals surface area contributed by atoms with Crippen LogP contribution in [0, 0.1) is 12.8 Å². The summed E-state index contributed by atoms with van der Waals surface area (Å²) in [5.74, 6) is -2.01. The Morgan fingerprint density at radius 2 is 1.79 bits per heavy atom. The van der Waals surface area contributed by atoms with Crippen molar-refractivity contribution in [3.05, 3.63) is 71.3 Å². The van der Waals surface area contributed by atoms with E-state index >= 15 is 0 Å². The number of aliphatic carboxylic acids is 1. The molecule has 29 heavy (non-hydrogen) atoms. The summed E-state index contributed by atoms with van der Waals surface area (Å²) in [5, 5.41) is 12.3. The summed E-state index contributed by atoms with van der Waals surface area (Å²) in [4.78, 5) is 38.2. The number of aryl methyl sites for hydroxylation is 1. The van der Waals surface area contributed by atoms with E-state index in [0.717, 1.165) is 16.7 Å². The Labute approximate surface area is 170 Å². The van der Waals surface area contributed by atoms with Crippen LogP contribution in [0.1, 0.15) is 29.5 Å². The molecule has 2 atom stereocenters. The zero-order chi connectivity index (χ0) is 20.8. The quantitative estimate of drug-likeness (QED) is 0.720. The van der Waals surface area contributed by atoms with Crippen LogP contribution in [0.5, 0.6) is 0 Å². The molecule has 0 bridgehead atoms. The Kier molecular flexibility index (Phi) is 6.65. The first-order valence-corrected chi connectivity index (χ1v) is 9.83. The van der Waals surface area contributed by atoms with Crippen LogP contribution in [-0.4, -0.2) is 40.4 Å². The molecule has 6 nitrogen and oxygen atoms in total. The molecule has 2 N–H and O–H groups in total. The van der Waals surface area contributed by atoms with Crippen molar-refractivity contribution in [2.45, 2.75) is 38.8 Å². The van der Waals surface area contributed by atoms with Gasteiger partial charge in [0.1, 0.15) is 6.04 Å². The lowest BCUT2D eigenvalue weighted by Gasteiger charge is -2.25. The van der Waals surface area contributed by atoms with Crippen LogP contribution in [0.25, 0.3) is 0 Å². The van der Waals surface area contributed by atoms with Crippen LogP contribution in [-0.2, 0) is 27.3 Å². The molecule has 152 valence electrons. The van der Waals surface area contributed by atoms with E-state index in [9.17, 15) is 19.5 Å². The van der Waals surface area contributed by atoms with E-state index in [1.54, 1.807) is 4.90 Å². The zero-order valence-electron chi connectivity index (χ0n) is 16.5. The molecule has 0 aliphatic carbocycles. The molecule has 0 spiro atoms. The van der Waals surface area contributed by atoms with Crippen molar-refractivity contribution in [2.75, 3.05) is 6.54 Å². The number of amides is 2. The molecule has 2 amide bonds. The number of carbonyl (C=O) groups excluding carboxylic acids is 2. The molecule has 0 unspecified atom stereocenters. The Morgan fingerprint density at radius 1 is 1.10 bits per heavy atom. The minimum atomic E-state index is -0.951. The number of hydrogen-bond acceptors (Lipinski definition) is 3. The van der Waals surface area contributed by atoms with Gasteiger partial charge in [-0.2, -0.15) is 0 Å². The fourth-order valence-electron chi connectivity index (χ4n) is 3.58. The highest BCUT2D eigenvalue weighted by Gasteiger charge is 2.36. The third kappa shape index (κ3) is 5.44. The summed E-state index contributed by atoms with van der Waals surface area (Å²) in [6.07, 6.45) is 1.12. The first-order chi connectivity index (χ1) is 13.9. The van der Waals surface area contributed by atoms with Crippen molar-refractivity contribution < 1.29 is 19.5 Å². The Bertz CT molecular complexity index is 864. The van der Waals surface area contributed by atoms with Crippen LogP contribution < -0.4 is 5.32 Å². The van der Waals surface area contributed by atoms with Gasteiger partial charge in [-0.3, -0.25) is 14.4 Å². The molecule has 1 heterocycles. The number of nitrogens with zero attached hydrogens (tertiary/aromatic N) is 1. The summed E-state index contributed by atoms with van der Waals surface area (Å²) < 4.78 is 0. The standard InChI is InChI=1S/C23H26N2O4/c1-16-7-9-18(10-8-16)15-25-20(11-12-21(25)26)22(27)24-14-19(23(28)29)13-17-5-3-2-4-6-17/h2-10,19-20H,11-15H2,1H3,(H,24,27)(H,28,29)/t19-,20+/m0/s1. The van der Waals surface area contributed by atoms with Crippen LogP contribution in [0.2, 0.25) is 0 Å². The number of benzene rings is 2. The third-order valence-corrected chi connectivity index (χ3v) is 5.30. The summed E-state index contributed by atoms with van der Waals surface area (Å²) >= 11 is 0. The van der Waals surface area contributed by atoms with Gasteiger partial charge < -0.3 is 15.3 Å². The average Bonchev–Trinajstić information content (AvgIpc) is 3.07. The maximum Gasteiger partial charge on any atom is 0.308 e. The van der Waals surface area contributed by atoms with Gasteiger partial charge in [-0.1, -0.05) is 60.2 Å². The van der Waals surface area contributed by atoms with Crippen molar-refractivity contribution in [3.63, 3.8) is 0 Å². The largest absolute Gasteiger partial charge is 0.481 e. The Balaban J connectivity index is 1.61. The smallest absolute Gasteiger partial charge is 0.308 e. The second-order valence-electron chi connectivity index (χ2n) is 7.53. The van der Waals surface area contributed by atoms with Crippen molar-refractivity contribution in [3.8, 4) is 0 Å². The number of rotatable bonds is 8. The summed E-state index contributed by atoms with van der Waals surface area (Å²) in [7, 11) is 0. The molecule has 1 fully saturated rings. The molecule has 3 rings (SSSR count). The zero-order valence-corrected chi connectivity index (χ0v) is 16.5. The molecule has 0 aromatic heterocycles. The monoisotopic (exact) mass is 394 g/mol. The minimum absolute atomic E-state index is 0.0339. The molecular formula is C23H26N2O4. The third-order valence-electron chi connectivity index (χ3n) is 5.30. The first kappa shape index (κ1) is 20.6. The first-order valence-electron chi connectivity index (χ1n) is 9.83. The van der Waals surface area contributed by atoms with E-state index in [4.69, 9.17) is 0 Å². The van der Waals surface area contributed by atoms with Gasteiger partial charge in [0, 0.05) is 19.5 Å². The second kappa shape index (κ2) is 9.37. The summed E-state index contributed by atoms with van der Waals surface area (Å²) in [6, 6.07) is 16.6. The second-order valence-corrected chi connectivity index (χ2v) is 7.53. The van der Waals surface area contributed by atoms with Crippen molar-refractivity contribution in [2.24, 2.45) is 5.92 Å². The SMILES string of the molecule is Cc1ccc(CN2C(=O)CC[C@@H]2C(=O)NC[C@H](Cc2ccccc2)C(=O)O)cc1. The highest BCUT2D eigenvalue weighted by molar-refractivity contribution is 5.91. The van der Waals surface area contributed by atoms with Crippen molar-refractivity contribution >= 4 is 17.8 Å². The maximum atomic E-state index is 12.7. The molecule has 1 aliphatic heterocycles. The molecular weight excluding hydrogens is 368 g/mol. The van der Waals surface area contributed by atoms with E-state index < -0.39 is 17.9 Å². The Hall–Kier alpha value is -3.15. The fraction of sp³-hybridized carbons (Fsp3) is 0.348. The minimum Gasteiger partial charge on any atom is -0.481 e. The number of hydrogen-bond donors (Lipinski definition) is 2. The highest BCUT2D eigenvalue weighted by Crippen LogP contribution is 2.22. The van der Waals surface area contributed by atoms with E-state index in [0.29, 0.717) is 25.8 Å². The summed E-state index contributed by atoms with van der Waals surface area (Å²) in [5.41, 5.74) is 3.01.